The summed E-state index contributed by atoms with van der Waals surface area (Å²) in [5, 5.41) is 9.90. The summed E-state index contributed by atoms with van der Waals surface area (Å²) >= 11 is 0. The van der Waals surface area contributed by atoms with Crippen molar-refractivity contribution in [2.24, 2.45) is 0 Å². The van der Waals surface area contributed by atoms with Crippen LogP contribution in [-0.2, 0) is 24.1 Å². The number of aryl methyl sites for hydroxylation is 2. The van der Waals surface area contributed by atoms with E-state index < -0.39 is 17.7 Å². The highest BCUT2D eigenvalue weighted by Gasteiger charge is 2.30. The number of oxazole rings is 1. The van der Waals surface area contributed by atoms with E-state index in [0.717, 1.165) is 28.6 Å². The average molecular weight is 444 g/mol. The fourth-order valence-electron chi connectivity index (χ4n) is 3.53. The Balaban J connectivity index is 1.51. The van der Waals surface area contributed by atoms with Crippen LogP contribution in [0.4, 0.5) is 13.2 Å². The third-order valence-electron chi connectivity index (χ3n) is 5.05. The maximum atomic E-state index is 12.8. The fraction of sp³-hybridized carbons (Fsp3) is 0.217. The molecule has 0 saturated carbocycles. The van der Waals surface area contributed by atoms with E-state index in [1.807, 2.05) is 25.1 Å². The van der Waals surface area contributed by atoms with E-state index in [4.69, 9.17) is 14.3 Å². The molecule has 4 rings (SSSR count). The first kappa shape index (κ1) is 21.5. The molecule has 9 heteroatoms. The normalized spacial score (nSPS) is 11.8. The van der Waals surface area contributed by atoms with Crippen LogP contribution in [0, 0.1) is 13.8 Å². The number of alkyl halides is 3. The second kappa shape index (κ2) is 8.07. The SMILES string of the molecule is Cc1nc(-c2ccc(C(F)(F)F)cc2)oc1COc1cc(C)c2c(ccn2CC(=O)O)c1. The van der Waals surface area contributed by atoms with Gasteiger partial charge in [-0.15, -0.1) is 0 Å². The van der Waals surface area contributed by atoms with Gasteiger partial charge in [0.15, 0.2) is 5.76 Å². The van der Waals surface area contributed by atoms with Crippen molar-refractivity contribution in [3.05, 3.63) is 71.2 Å². The summed E-state index contributed by atoms with van der Waals surface area (Å²) in [5.74, 6) is 0.329. The van der Waals surface area contributed by atoms with Crippen LogP contribution in [0.5, 0.6) is 5.75 Å². The van der Waals surface area contributed by atoms with Crippen molar-refractivity contribution in [1.29, 1.82) is 0 Å². The second-order valence-electron chi connectivity index (χ2n) is 7.41. The molecule has 0 amide bonds. The van der Waals surface area contributed by atoms with Gasteiger partial charge in [0.1, 0.15) is 18.9 Å². The summed E-state index contributed by atoms with van der Waals surface area (Å²) in [6, 6.07) is 10.0. The molecule has 0 aliphatic carbocycles. The van der Waals surface area contributed by atoms with Crippen molar-refractivity contribution in [2.75, 3.05) is 0 Å². The zero-order valence-corrected chi connectivity index (χ0v) is 17.2. The minimum absolute atomic E-state index is 0.0836. The summed E-state index contributed by atoms with van der Waals surface area (Å²) in [4.78, 5) is 15.3. The molecule has 6 nitrogen and oxygen atoms in total. The van der Waals surface area contributed by atoms with E-state index in [-0.39, 0.29) is 19.0 Å². The summed E-state index contributed by atoms with van der Waals surface area (Å²) in [6.07, 6.45) is -2.69. The second-order valence-corrected chi connectivity index (χ2v) is 7.41. The summed E-state index contributed by atoms with van der Waals surface area (Å²) < 4.78 is 51.5. The first-order valence-corrected chi connectivity index (χ1v) is 9.70. The molecule has 0 radical (unpaired) electrons. The number of aromatic nitrogens is 2. The van der Waals surface area contributed by atoms with Crippen molar-refractivity contribution in [1.82, 2.24) is 9.55 Å². The van der Waals surface area contributed by atoms with E-state index >= 15 is 0 Å². The fourth-order valence-corrected chi connectivity index (χ4v) is 3.53. The largest absolute Gasteiger partial charge is 0.486 e. The van der Waals surface area contributed by atoms with Crippen LogP contribution in [0.15, 0.2) is 53.1 Å². The first-order valence-electron chi connectivity index (χ1n) is 9.70. The molecular weight excluding hydrogens is 425 g/mol. The van der Waals surface area contributed by atoms with Gasteiger partial charge >= 0.3 is 12.1 Å². The highest BCUT2D eigenvalue weighted by Crippen LogP contribution is 2.32. The molecule has 0 atom stereocenters. The van der Waals surface area contributed by atoms with E-state index in [2.05, 4.69) is 4.98 Å². The van der Waals surface area contributed by atoms with Crippen molar-refractivity contribution in [2.45, 2.75) is 33.2 Å². The molecular formula is C23H19F3N2O4. The van der Waals surface area contributed by atoms with Gasteiger partial charge in [-0.2, -0.15) is 13.2 Å². The Morgan fingerprint density at radius 3 is 2.53 bits per heavy atom. The summed E-state index contributed by atoms with van der Waals surface area (Å²) in [5.41, 5.74) is 1.95. The Morgan fingerprint density at radius 2 is 1.88 bits per heavy atom. The van der Waals surface area contributed by atoms with E-state index in [1.54, 1.807) is 17.7 Å². The van der Waals surface area contributed by atoms with Gasteiger partial charge < -0.3 is 18.8 Å². The molecule has 0 aliphatic rings. The number of benzene rings is 2. The van der Waals surface area contributed by atoms with Crippen LogP contribution in [0.25, 0.3) is 22.4 Å². The van der Waals surface area contributed by atoms with Crippen LogP contribution in [-0.4, -0.2) is 20.6 Å². The number of hydrogen-bond acceptors (Lipinski definition) is 4. The van der Waals surface area contributed by atoms with Crippen molar-refractivity contribution >= 4 is 16.9 Å². The number of fused-ring (bicyclic) bond motifs is 1. The standard InChI is InChI=1S/C23H19F3N2O4/c1-13-9-18(10-16-7-8-28(21(13)16)11-20(29)30)31-12-19-14(2)27-22(32-19)15-3-5-17(6-4-15)23(24,25)26/h3-10H,11-12H2,1-2H3,(H,29,30). The topological polar surface area (TPSA) is 77.5 Å². The smallest absolute Gasteiger partial charge is 0.416 e. The van der Waals surface area contributed by atoms with Gasteiger partial charge in [-0.05, 0) is 61.9 Å². The van der Waals surface area contributed by atoms with Crippen LogP contribution >= 0.6 is 0 Å². The number of nitrogens with zero attached hydrogens (tertiary/aromatic N) is 2. The Morgan fingerprint density at radius 1 is 1.16 bits per heavy atom. The predicted molar refractivity (Wildman–Crippen MR) is 110 cm³/mol. The van der Waals surface area contributed by atoms with Crippen molar-refractivity contribution < 1.29 is 32.2 Å². The molecule has 4 aromatic rings. The van der Waals surface area contributed by atoms with Crippen LogP contribution in [0.1, 0.15) is 22.6 Å². The number of aliphatic carboxylic acids is 1. The molecule has 2 aromatic carbocycles. The zero-order chi connectivity index (χ0) is 23.0. The third-order valence-corrected chi connectivity index (χ3v) is 5.05. The molecule has 0 saturated heterocycles. The maximum Gasteiger partial charge on any atom is 0.416 e. The molecule has 0 aliphatic heterocycles. The Kier molecular flexibility index (Phi) is 5.41. The highest BCUT2D eigenvalue weighted by molar-refractivity contribution is 5.86. The molecule has 166 valence electrons. The number of rotatable bonds is 6. The Labute approximate surface area is 180 Å². The van der Waals surface area contributed by atoms with Gasteiger partial charge in [-0.3, -0.25) is 4.79 Å². The first-order chi connectivity index (χ1) is 15.1. The zero-order valence-electron chi connectivity index (χ0n) is 17.2. The molecule has 0 bridgehead atoms. The minimum Gasteiger partial charge on any atom is -0.486 e. The monoisotopic (exact) mass is 444 g/mol. The van der Waals surface area contributed by atoms with Gasteiger partial charge in [0, 0.05) is 17.1 Å². The molecule has 2 heterocycles. The number of halogens is 3. The lowest BCUT2D eigenvalue weighted by atomic mass is 10.1. The third kappa shape index (κ3) is 4.32. The van der Waals surface area contributed by atoms with Gasteiger partial charge in [0.05, 0.1) is 16.8 Å². The van der Waals surface area contributed by atoms with Crippen LogP contribution in [0.3, 0.4) is 0 Å². The van der Waals surface area contributed by atoms with Crippen molar-refractivity contribution in [3.63, 3.8) is 0 Å². The van der Waals surface area contributed by atoms with E-state index in [9.17, 15) is 18.0 Å². The lowest BCUT2D eigenvalue weighted by Gasteiger charge is -2.09. The maximum absolute atomic E-state index is 12.8. The molecule has 0 fully saturated rings. The van der Waals surface area contributed by atoms with Crippen LogP contribution < -0.4 is 4.74 Å². The quantitative estimate of drug-likeness (QED) is 0.419. The van der Waals surface area contributed by atoms with Gasteiger partial charge in [-0.25, -0.2) is 4.98 Å². The summed E-state index contributed by atoms with van der Waals surface area (Å²) in [7, 11) is 0. The lowest BCUT2D eigenvalue weighted by Crippen LogP contribution is -2.07. The number of carboxylic acid groups (broad SMARTS) is 1. The molecule has 0 unspecified atom stereocenters. The Hall–Kier alpha value is -3.75. The number of ether oxygens (including phenoxy) is 1. The molecule has 2 aromatic heterocycles. The van der Waals surface area contributed by atoms with E-state index in [0.29, 0.717) is 22.8 Å². The molecule has 1 N–H and O–H groups in total. The van der Waals surface area contributed by atoms with Gasteiger partial charge in [0.25, 0.3) is 0 Å². The Bertz CT molecular complexity index is 1290. The average Bonchev–Trinajstić information content (AvgIpc) is 3.29. The molecule has 32 heavy (non-hydrogen) atoms. The van der Waals surface area contributed by atoms with Crippen LogP contribution in [0.2, 0.25) is 0 Å². The minimum atomic E-state index is -4.40. The summed E-state index contributed by atoms with van der Waals surface area (Å²) in [6.45, 7) is 3.56. The van der Waals surface area contributed by atoms with E-state index in [1.165, 1.54) is 12.1 Å². The number of hydrogen-bond donors (Lipinski definition) is 1. The van der Waals surface area contributed by atoms with Gasteiger partial charge in [0.2, 0.25) is 5.89 Å². The van der Waals surface area contributed by atoms with Gasteiger partial charge in [-0.1, -0.05) is 0 Å². The highest BCUT2D eigenvalue weighted by atomic mass is 19.4. The van der Waals surface area contributed by atoms with Crippen molar-refractivity contribution in [3.8, 4) is 17.2 Å². The molecule has 0 spiro atoms. The number of carbonyl (C=O) groups is 1. The number of carboxylic acids is 1. The lowest BCUT2D eigenvalue weighted by molar-refractivity contribution is -0.138. The predicted octanol–water partition coefficient (Wildman–Crippen LogP) is 5.60.